The van der Waals surface area contributed by atoms with Crippen LogP contribution in [-0.4, -0.2) is 18.5 Å². The summed E-state index contributed by atoms with van der Waals surface area (Å²) in [5.41, 5.74) is 8.62. The third kappa shape index (κ3) is 2.91. The van der Waals surface area contributed by atoms with Gasteiger partial charge in [-0.25, -0.2) is 0 Å². The highest BCUT2D eigenvalue weighted by molar-refractivity contribution is 5.81. The maximum atomic E-state index is 11.8. The Bertz CT molecular complexity index is 417. The molecule has 0 aliphatic heterocycles. The number of amides is 1. The molecule has 0 radical (unpaired) electrons. The van der Waals surface area contributed by atoms with Crippen LogP contribution in [0.3, 0.4) is 0 Å². The van der Waals surface area contributed by atoms with Crippen molar-refractivity contribution in [3.05, 3.63) is 35.4 Å². The molecule has 3 N–H and O–H groups in total. The van der Waals surface area contributed by atoms with Crippen LogP contribution in [0.5, 0.6) is 0 Å². The van der Waals surface area contributed by atoms with E-state index in [0.29, 0.717) is 5.92 Å². The number of rotatable bonds is 6. The second-order valence-corrected chi connectivity index (χ2v) is 5.09. The van der Waals surface area contributed by atoms with Crippen molar-refractivity contribution in [2.24, 2.45) is 5.73 Å². The van der Waals surface area contributed by atoms with Gasteiger partial charge in [0, 0.05) is 12.5 Å². The van der Waals surface area contributed by atoms with Crippen LogP contribution >= 0.6 is 0 Å². The highest BCUT2D eigenvalue weighted by atomic mass is 16.2. The zero-order valence-corrected chi connectivity index (χ0v) is 11.0. The van der Waals surface area contributed by atoms with E-state index in [2.05, 4.69) is 36.5 Å². The van der Waals surface area contributed by atoms with Gasteiger partial charge < -0.3 is 11.1 Å². The van der Waals surface area contributed by atoms with Crippen LogP contribution in [0.15, 0.2) is 24.3 Å². The van der Waals surface area contributed by atoms with Gasteiger partial charge in [-0.3, -0.25) is 4.79 Å². The minimum absolute atomic E-state index is 0.00664. The smallest absolute Gasteiger partial charge is 0.236 e. The van der Waals surface area contributed by atoms with Gasteiger partial charge in [0.15, 0.2) is 0 Å². The number of nitrogens with one attached hydrogen (secondary N) is 1. The van der Waals surface area contributed by atoms with Gasteiger partial charge >= 0.3 is 0 Å². The Morgan fingerprint density at radius 3 is 3.00 bits per heavy atom. The fourth-order valence-corrected chi connectivity index (χ4v) is 2.45. The maximum absolute atomic E-state index is 11.8. The van der Waals surface area contributed by atoms with Crippen LogP contribution in [-0.2, 0) is 11.2 Å². The molecule has 2 rings (SSSR count). The fraction of sp³-hybridized carbons (Fsp3) is 0.533. The van der Waals surface area contributed by atoms with Crippen LogP contribution < -0.4 is 11.1 Å². The minimum Gasteiger partial charge on any atom is -0.354 e. The summed E-state index contributed by atoms with van der Waals surface area (Å²) in [4.78, 5) is 11.8. The quantitative estimate of drug-likeness (QED) is 0.806. The molecule has 3 heteroatoms. The van der Waals surface area contributed by atoms with E-state index in [1.165, 1.54) is 11.1 Å². The summed E-state index contributed by atoms with van der Waals surface area (Å²) in [6.07, 6.45) is 3.95. The van der Waals surface area contributed by atoms with Crippen molar-refractivity contribution >= 4 is 5.91 Å². The minimum atomic E-state index is -0.347. The van der Waals surface area contributed by atoms with Crippen molar-refractivity contribution < 1.29 is 4.79 Å². The molecular formula is C15H22N2O. The second kappa shape index (κ2) is 6.01. The third-order valence-corrected chi connectivity index (χ3v) is 3.69. The summed E-state index contributed by atoms with van der Waals surface area (Å²) in [5.74, 6) is 0.469. The first-order valence-electron chi connectivity index (χ1n) is 6.83. The number of fused-ring (bicyclic) bond motifs is 1. The van der Waals surface area contributed by atoms with Crippen molar-refractivity contribution in [3.63, 3.8) is 0 Å². The summed E-state index contributed by atoms with van der Waals surface area (Å²) in [6, 6.07) is 8.07. The second-order valence-electron chi connectivity index (χ2n) is 5.09. The average molecular weight is 246 g/mol. The number of benzene rings is 1. The summed E-state index contributed by atoms with van der Waals surface area (Å²) in [6.45, 7) is 2.82. The SMILES string of the molecule is CCCCC(N)C(=O)NCC1Cc2ccccc21. The molecule has 0 spiro atoms. The highest BCUT2D eigenvalue weighted by Gasteiger charge is 2.26. The zero-order valence-electron chi connectivity index (χ0n) is 11.0. The lowest BCUT2D eigenvalue weighted by Gasteiger charge is -2.30. The molecule has 2 unspecified atom stereocenters. The van der Waals surface area contributed by atoms with E-state index in [1.54, 1.807) is 0 Å². The van der Waals surface area contributed by atoms with Crippen LogP contribution in [0, 0.1) is 0 Å². The van der Waals surface area contributed by atoms with Gasteiger partial charge in [-0.15, -0.1) is 0 Å². The molecule has 18 heavy (non-hydrogen) atoms. The molecule has 3 nitrogen and oxygen atoms in total. The van der Waals surface area contributed by atoms with E-state index < -0.39 is 0 Å². The van der Waals surface area contributed by atoms with Crippen LogP contribution in [0.4, 0.5) is 0 Å². The standard InChI is InChI=1S/C15H22N2O/c1-2-3-8-14(16)15(18)17-10-12-9-11-6-4-5-7-13(11)12/h4-7,12,14H,2-3,8-10,16H2,1H3,(H,17,18). The van der Waals surface area contributed by atoms with Gasteiger partial charge in [0.05, 0.1) is 6.04 Å². The number of unbranched alkanes of at least 4 members (excludes halogenated alkanes) is 1. The molecule has 1 aromatic rings. The Morgan fingerprint density at radius 1 is 1.50 bits per heavy atom. The molecule has 1 aliphatic rings. The Kier molecular flexibility index (Phi) is 4.37. The molecule has 98 valence electrons. The van der Waals surface area contributed by atoms with Crippen molar-refractivity contribution in [1.82, 2.24) is 5.32 Å². The van der Waals surface area contributed by atoms with Gasteiger partial charge in [0.2, 0.25) is 5.91 Å². The lowest BCUT2D eigenvalue weighted by Crippen LogP contribution is -2.43. The molecule has 0 saturated heterocycles. The van der Waals surface area contributed by atoms with E-state index >= 15 is 0 Å². The third-order valence-electron chi connectivity index (χ3n) is 3.69. The molecule has 1 amide bonds. The molecule has 0 aromatic heterocycles. The highest BCUT2D eigenvalue weighted by Crippen LogP contribution is 2.33. The summed E-state index contributed by atoms with van der Waals surface area (Å²) in [7, 11) is 0. The largest absolute Gasteiger partial charge is 0.354 e. The summed E-state index contributed by atoms with van der Waals surface area (Å²) < 4.78 is 0. The van der Waals surface area contributed by atoms with Gasteiger partial charge in [0.1, 0.15) is 0 Å². The van der Waals surface area contributed by atoms with Crippen LogP contribution in [0.1, 0.15) is 43.2 Å². The van der Waals surface area contributed by atoms with Crippen LogP contribution in [0.2, 0.25) is 0 Å². The van der Waals surface area contributed by atoms with Gasteiger partial charge in [-0.1, -0.05) is 44.0 Å². The summed E-state index contributed by atoms with van der Waals surface area (Å²) >= 11 is 0. The average Bonchev–Trinajstić information content (AvgIpc) is 2.36. The van der Waals surface area contributed by atoms with Crippen LogP contribution in [0.25, 0.3) is 0 Å². The molecule has 0 saturated carbocycles. The van der Waals surface area contributed by atoms with E-state index in [1.807, 2.05) is 0 Å². The Morgan fingerprint density at radius 2 is 2.28 bits per heavy atom. The molecule has 0 heterocycles. The number of nitrogens with two attached hydrogens (primary N) is 1. The molecular weight excluding hydrogens is 224 g/mol. The Hall–Kier alpha value is -1.35. The van der Waals surface area contributed by atoms with Crippen molar-refractivity contribution in [2.45, 2.75) is 44.6 Å². The zero-order chi connectivity index (χ0) is 13.0. The fourth-order valence-electron chi connectivity index (χ4n) is 2.45. The van der Waals surface area contributed by atoms with E-state index in [-0.39, 0.29) is 11.9 Å². The molecule has 1 aromatic carbocycles. The normalized spacial score (nSPS) is 18.7. The van der Waals surface area contributed by atoms with Crippen molar-refractivity contribution in [1.29, 1.82) is 0 Å². The first-order valence-corrected chi connectivity index (χ1v) is 6.83. The van der Waals surface area contributed by atoms with Crippen molar-refractivity contribution in [2.75, 3.05) is 6.54 Å². The molecule has 2 atom stereocenters. The summed E-state index contributed by atoms with van der Waals surface area (Å²) in [5, 5.41) is 2.97. The number of carbonyl (C=O) groups is 1. The Balaban J connectivity index is 1.75. The van der Waals surface area contributed by atoms with Gasteiger partial charge in [-0.2, -0.15) is 0 Å². The first-order chi connectivity index (χ1) is 8.72. The first kappa shape index (κ1) is 13.1. The lowest BCUT2D eigenvalue weighted by atomic mass is 9.77. The van der Waals surface area contributed by atoms with E-state index in [0.717, 1.165) is 32.2 Å². The number of carbonyl (C=O) groups excluding carboxylic acids is 1. The topological polar surface area (TPSA) is 55.1 Å². The van der Waals surface area contributed by atoms with E-state index in [9.17, 15) is 4.79 Å². The Labute approximate surface area is 109 Å². The number of hydrogen-bond donors (Lipinski definition) is 2. The molecule has 0 bridgehead atoms. The lowest BCUT2D eigenvalue weighted by molar-refractivity contribution is -0.122. The monoisotopic (exact) mass is 246 g/mol. The van der Waals surface area contributed by atoms with E-state index in [4.69, 9.17) is 5.73 Å². The molecule has 0 fully saturated rings. The van der Waals surface area contributed by atoms with Gasteiger partial charge in [0.25, 0.3) is 0 Å². The predicted molar refractivity (Wildman–Crippen MR) is 73.4 cm³/mol. The molecule has 1 aliphatic carbocycles. The number of hydrogen-bond acceptors (Lipinski definition) is 2. The van der Waals surface area contributed by atoms with Gasteiger partial charge in [-0.05, 0) is 24.0 Å². The predicted octanol–water partition coefficient (Wildman–Crippen LogP) is 1.96. The maximum Gasteiger partial charge on any atom is 0.236 e. The van der Waals surface area contributed by atoms with Crippen molar-refractivity contribution in [3.8, 4) is 0 Å².